The summed E-state index contributed by atoms with van der Waals surface area (Å²) in [6.07, 6.45) is 5.48. The lowest BCUT2D eigenvalue weighted by molar-refractivity contribution is 0.0950. The number of carbonyl (C=O) groups excluding carboxylic acids is 1. The van der Waals surface area contributed by atoms with E-state index in [9.17, 15) is 13.2 Å². The molecule has 6 nitrogen and oxygen atoms in total. The van der Waals surface area contributed by atoms with E-state index in [1.165, 1.54) is 29.1 Å². The molecule has 1 amide bonds. The molecule has 0 bridgehead atoms. The first kappa shape index (κ1) is 22.3. The lowest BCUT2D eigenvalue weighted by Gasteiger charge is -2.20. The second-order valence-electron chi connectivity index (χ2n) is 7.53. The number of methoxy groups -OCH3 is 1. The van der Waals surface area contributed by atoms with E-state index in [0.29, 0.717) is 25.4 Å². The van der Waals surface area contributed by atoms with Gasteiger partial charge in [-0.2, -0.15) is 4.31 Å². The highest BCUT2D eigenvalue weighted by atomic mass is 32.2. The molecule has 162 valence electrons. The Morgan fingerprint density at radius 1 is 1.03 bits per heavy atom. The van der Waals surface area contributed by atoms with Crippen molar-refractivity contribution in [2.75, 3.05) is 26.7 Å². The number of hydrogen-bond donors (Lipinski definition) is 1. The Morgan fingerprint density at radius 2 is 1.73 bits per heavy atom. The molecule has 1 N–H and O–H groups in total. The van der Waals surface area contributed by atoms with Crippen LogP contribution in [-0.4, -0.2) is 45.4 Å². The molecule has 2 aromatic rings. The molecule has 1 fully saturated rings. The largest absolute Gasteiger partial charge is 0.496 e. The van der Waals surface area contributed by atoms with Crippen LogP contribution in [0.3, 0.4) is 0 Å². The van der Waals surface area contributed by atoms with Gasteiger partial charge in [0.25, 0.3) is 5.91 Å². The molecule has 2 aromatic carbocycles. The van der Waals surface area contributed by atoms with E-state index >= 15 is 0 Å². The predicted molar refractivity (Wildman–Crippen MR) is 117 cm³/mol. The Balaban J connectivity index is 1.69. The van der Waals surface area contributed by atoms with E-state index < -0.39 is 10.0 Å². The first-order valence-electron chi connectivity index (χ1n) is 10.5. The Morgan fingerprint density at radius 3 is 2.40 bits per heavy atom. The molecule has 7 heteroatoms. The monoisotopic (exact) mass is 430 g/mol. The van der Waals surface area contributed by atoms with Gasteiger partial charge in [-0.3, -0.25) is 4.79 Å². The number of nitrogens with zero attached hydrogens (tertiary/aromatic N) is 1. The van der Waals surface area contributed by atoms with Crippen LogP contribution in [0.25, 0.3) is 0 Å². The van der Waals surface area contributed by atoms with Crippen molar-refractivity contribution < 1.29 is 17.9 Å². The summed E-state index contributed by atoms with van der Waals surface area (Å²) in [6, 6.07) is 14.6. The third-order valence-corrected chi connectivity index (χ3v) is 7.28. The number of carbonyl (C=O) groups is 1. The molecule has 0 unspecified atom stereocenters. The van der Waals surface area contributed by atoms with Gasteiger partial charge < -0.3 is 10.1 Å². The van der Waals surface area contributed by atoms with E-state index in [1.807, 2.05) is 18.2 Å². The summed E-state index contributed by atoms with van der Waals surface area (Å²) in [6.45, 7) is 1.55. The molecule has 3 rings (SSSR count). The fourth-order valence-electron chi connectivity index (χ4n) is 3.69. The van der Waals surface area contributed by atoms with Crippen molar-refractivity contribution in [3.8, 4) is 5.75 Å². The van der Waals surface area contributed by atoms with Gasteiger partial charge in [-0.15, -0.1) is 0 Å². The summed E-state index contributed by atoms with van der Waals surface area (Å²) in [7, 11) is -2.15. The maximum absolute atomic E-state index is 13.1. The summed E-state index contributed by atoms with van der Waals surface area (Å²) in [4.78, 5) is 12.9. The van der Waals surface area contributed by atoms with Crippen LogP contribution in [0.15, 0.2) is 53.4 Å². The minimum absolute atomic E-state index is 0.139. The predicted octanol–water partition coefficient (Wildman–Crippen LogP) is 3.62. The lowest BCUT2D eigenvalue weighted by Crippen LogP contribution is -2.32. The zero-order valence-corrected chi connectivity index (χ0v) is 18.3. The fourth-order valence-corrected chi connectivity index (χ4v) is 5.23. The van der Waals surface area contributed by atoms with E-state index in [4.69, 9.17) is 4.74 Å². The molecule has 0 aliphatic carbocycles. The third kappa shape index (κ3) is 5.61. The number of benzene rings is 2. The SMILES string of the molecule is COc1ccc(S(=O)(=O)N2CCCCCC2)cc1C(=O)NCCCc1ccccc1. The molecule has 0 radical (unpaired) electrons. The minimum Gasteiger partial charge on any atom is -0.496 e. The average molecular weight is 431 g/mol. The number of ether oxygens (including phenoxy) is 1. The summed E-state index contributed by atoms with van der Waals surface area (Å²) < 4.78 is 33.0. The molecule has 1 heterocycles. The van der Waals surface area contributed by atoms with Gasteiger partial charge in [0.2, 0.25) is 10.0 Å². The minimum atomic E-state index is -3.63. The van der Waals surface area contributed by atoms with Gasteiger partial charge in [-0.25, -0.2) is 8.42 Å². The van der Waals surface area contributed by atoms with E-state index in [1.54, 1.807) is 6.07 Å². The van der Waals surface area contributed by atoms with Crippen LogP contribution in [-0.2, 0) is 16.4 Å². The second-order valence-corrected chi connectivity index (χ2v) is 9.46. The Hall–Kier alpha value is -2.38. The van der Waals surface area contributed by atoms with Gasteiger partial charge >= 0.3 is 0 Å². The summed E-state index contributed by atoms with van der Waals surface area (Å²) in [5.41, 5.74) is 1.46. The van der Waals surface area contributed by atoms with E-state index in [-0.39, 0.29) is 16.4 Å². The third-order valence-electron chi connectivity index (χ3n) is 5.39. The van der Waals surface area contributed by atoms with Gasteiger partial charge in [0.1, 0.15) is 5.75 Å². The first-order valence-corrected chi connectivity index (χ1v) is 12.0. The van der Waals surface area contributed by atoms with Crippen LogP contribution in [0.2, 0.25) is 0 Å². The van der Waals surface area contributed by atoms with Crippen LogP contribution in [0.5, 0.6) is 5.75 Å². The van der Waals surface area contributed by atoms with Crippen LogP contribution in [0.4, 0.5) is 0 Å². The molecular formula is C23H30N2O4S. The van der Waals surface area contributed by atoms with Crippen molar-refractivity contribution in [2.45, 2.75) is 43.4 Å². The highest BCUT2D eigenvalue weighted by molar-refractivity contribution is 7.89. The molecule has 0 spiro atoms. The highest BCUT2D eigenvalue weighted by Gasteiger charge is 2.27. The normalized spacial score (nSPS) is 15.4. The summed E-state index contributed by atoms with van der Waals surface area (Å²) in [5.74, 6) is 0.0400. The Labute approximate surface area is 179 Å². The highest BCUT2D eigenvalue weighted by Crippen LogP contribution is 2.26. The van der Waals surface area contributed by atoms with Crippen LogP contribution < -0.4 is 10.1 Å². The van der Waals surface area contributed by atoms with Gasteiger partial charge in [-0.1, -0.05) is 43.2 Å². The molecular weight excluding hydrogens is 400 g/mol. The number of nitrogens with one attached hydrogen (secondary N) is 1. The Bertz CT molecular complexity index is 937. The maximum Gasteiger partial charge on any atom is 0.255 e. The van der Waals surface area contributed by atoms with Crippen LogP contribution >= 0.6 is 0 Å². The number of rotatable bonds is 8. The van der Waals surface area contributed by atoms with Gasteiger partial charge in [-0.05, 0) is 49.4 Å². The number of hydrogen-bond acceptors (Lipinski definition) is 4. The molecule has 0 saturated carbocycles. The van der Waals surface area contributed by atoms with Gasteiger partial charge in [0, 0.05) is 19.6 Å². The van der Waals surface area contributed by atoms with Crippen molar-refractivity contribution in [2.24, 2.45) is 0 Å². The molecule has 0 atom stereocenters. The number of aryl methyl sites for hydroxylation is 1. The van der Waals surface area contributed by atoms with E-state index in [2.05, 4.69) is 17.4 Å². The standard InChI is InChI=1S/C23H30N2O4S/c1-29-22-14-13-20(30(27,28)25-16-7-2-3-8-17-25)18-21(22)23(26)24-15-9-12-19-10-5-4-6-11-19/h4-6,10-11,13-14,18H,2-3,7-9,12,15-17H2,1H3,(H,24,26). The number of amides is 1. The van der Waals surface area contributed by atoms with Crippen LogP contribution in [0, 0.1) is 0 Å². The quantitative estimate of drug-likeness (QED) is 0.649. The van der Waals surface area contributed by atoms with Crippen molar-refractivity contribution in [3.05, 3.63) is 59.7 Å². The van der Waals surface area contributed by atoms with Crippen molar-refractivity contribution in [1.82, 2.24) is 9.62 Å². The zero-order valence-electron chi connectivity index (χ0n) is 17.5. The summed E-state index contributed by atoms with van der Waals surface area (Å²) >= 11 is 0. The van der Waals surface area contributed by atoms with E-state index in [0.717, 1.165) is 38.5 Å². The first-order chi connectivity index (χ1) is 14.5. The maximum atomic E-state index is 13.1. The molecule has 1 saturated heterocycles. The molecule has 1 aliphatic heterocycles. The van der Waals surface area contributed by atoms with Crippen LogP contribution in [0.1, 0.15) is 48.0 Å². The molecule has 1 aliphatic rings. The lowest BCUT2D eigenvalue weighted by atomic mass is 10.1. The van der Waals surface area contributed by atoms with Crippen molar-refractivity contribution in [3.63, 3.8) is 0 Å². The zero-order chi connectivity index (χ0) is 21.4. The smallest absolute Gasteiger partial charge is 0.255 e. The fraction of sp³-hybridized carbons (Fsp3) is 0.435. The van der Waals surface area contributed by atoms with Gasteiger partial charge in [0.15, 0.2) is 0 Å². The topological polar surface area (TPSA) is 75.7 Å². The van der Waals surface area contributed by atoms with Crippen molar-refractivity contribution >= 4 is 15.9 Å². The number of sulfonamides is 1. The van der Waals surface area contributed by atoms with Gasteiger partial charge in [0.05, 0.1) is 17.6 Å². The second kappa shape index (κ2) is 10.6. The molecule has 30 heavy (non-hydrogen) atoms. The molecule has 0 aromatic heterocycles. The summed E-state index contributed by atoms with van der Waals surface area (Å²) in [5, 5.41) is 2.88. The average Bonchev–Trinajstić information content (AvgIpc) is 3.07. The Kier molecular flexibility index (Phi) is 7.87. The van der Waals surface area contributed by atoms with Crippen molar-refractivity contribution in [1.29, 1.82) is 0 Å².